The van der Waals surface area contributed by atoms with Gasteiger partial charge >= 0.3 is 11.9 Å². The molecule has 1 rings (SSSR count). The fourth-order valence-corrected chi connectivity index (χ4v) is 3.18. The van der Waals surface area contributed by atoms with Gasteiger partial charge in [0, 0.05) is 20.5 Å². The molecule has 152 valence electrons. The highest BCUT2D eigenvalue weighted by Crippen LogP contribution is 2.14. The molecule has 0 amide bonds. The van der Waals surface area contributed by atoms with Crippen LogP contribution in [0.1, 0.15) is 32.3 Å². The van der Waals surface area contributed by atoms with Gasteiger partial charge in [-0.05, 0) is 38.9 Å². The van der Waals surface area contributed by atoms with Crippen molar-refractivity contribution in [3.8, 4) is 0 Å². The number of hydrogen-bond acceptors (Lipinski definition) is 5. The Bertz CT molecular complexity index is 584. The van der Waals surface area contributed by atoms with Crippen molar-refractivity contribution in [2.75, 3.05) is 13.7 Å². The van der Waals surface area contributed by atoms with E-state index in [1.807, 2.05) is 56.1 Å². The minimum Gasteiger partial charge on any atom is -0.466 e. The Labute approximate surface area is 165 Å². The fraction of sp³-hybridized carbons (Fsp3) is 0.619. The first-order valence-corrected chi connectivity index (χ1v) is 13.4. The van der Waals surface area contributed by atoms with Crippen molar-refractivity contribution in [3.05, 3.63) is 35.9 Å². The highest BCUT2D eigenvalue weighted by molar-refractivity contribution is 6.76. The summed E-state index contributed by atoms with van der Waals surface area (Å²) in [5, 5.41) is 0. The number of rotatable bonds is 11. The molecule has 0 unspecified atom stereocenters. The first kappa shape index (κ1) is 23.4. The van der Waals surface area contributed by atoms with Gasteiger partial charge < -0.3 is 9.47 Å². The zero-order valence-electron chi connectivity index (χ0n) is 17.7. The van der Waals surface area contributed by atoms with Crippen LogP contribution in [-0.2, 0) is 25.7 Å². The zero-order chi connectivity index (χ0) is 20.4. The average molecular weight is 394 g/mol. The van der Waals surface area contributed by atoms with Crippen molar-refractivity contribution in [2.45, 2.75) is 71.1 Å². The van der Waals surface area contributed by atoms with E-state index in [0.717, 1.165) is 11.6 Å². The smallest absolute Gasteiger partial charge is 0.323 e. The summed E-state index contributed by atoms with van der Waals surface area (Å²) in [6.45, 7) is 11.5. The van der Waals surface area contributed by atoms with Gasteiger partial charge in [0.15, 0.2) is 0 Å². The molecule has 0 fully saturated rings. The summed E-state index contributed by atoms with van der Waals surface area (Å²) >= 11 is 0. The molecule has 0 N–H and O–H groups in total. The monoisotopic (exact) mass is 393 g/mol. The van der Waals surface area contributed by atoms with Crippen molar-refractivity contribution in [1.29, 1.82) is 0 Å². The van der Waals surface area contributed by atoms with Crippen LogP contribution in [-0.4, -0.2) is 50.7 Å². The molecule has 0 saturated carbocycles. The van der Waals surface area contributed by atoms with E-state index >= 15 is 0 Å². The van der Waals surface area contributed by atoms with E-state index < -0.39 is 14.1 Å². The van der Waals surface area contributed by atoms with Gasteiger partial charge in [-0.2, -0.15) is 0 Å². The van der Waals surface area contributed by atoms with E-state index in [0.29, 0.717) is 13.0 Å². The Hall–Kier alpha value is -1.66. The van der Waals surface area contributed by atoms with E-state index in [-0.39, 0.29) is 31.0 Å². The summed E-state index contributed by atoms with van der Waals surface area (Å²) in [4.78, 5) is 26.6. The molecule has 0 aliphatic heterocycles. The van der Waals surface area contributed by atoms with Crippen LogP contribution in [0.3, 0.4) is 0 Å². The first-order chi connectivity index (χ1) is 12.6. The number of carbonyl (C=O) groups is 2. The lowest BCUT2D eigenvalue weighted by molar-refractivity contribution is -0.152. The molecule has 0 bridgehead atoms. The lowest BCUT2D eigenvalue weighted by atomic mass is 10.1. The molecule has 5 nitrogen and oxygen atoms in total. The lowest BCUT2D eigenvalue weighted by Gasteiger charge is -2.29. The predicted molar refractivity (Wildman–Crippen MR) is 111 cm³/mol. The maximum Gasteiger partial charge on any atom is 0.323 e. The summed E-state index contributed by atoms with van der Waals surface area (Å²) in [6, 6.07) is 10.3. The van der Waals surface area contributed by atoms with Crippen LogP contribution in [0.5, 0.6) is 0 Å². The molecule has 0 heterocycles. The predicted octanol–water partition coefficient (Wildman–Crippen LogP) is 4.10. The second kappa shape index (κ2) is 11.2. The number of benzene rings is 1. The van der Waals surface area contributed by atoms with Crippen LogP contribution in [0.15, 0.2) is 30.3 Å². The van der Waals surface area contributed by atoms with E-state index in [9.17, 15) is 9.59 Å². The summed E-state index contributed by atoms with van der Waals surface area (Å²) in [7, 11) is 0.663. The Morgan fingerprint density at radius 3 is 2.26 bits per heavy atom. The van der Waals surface area contributed by atoms with Gasteiger partial charge in [-0.25, -0.2) is 0 Å². The number of hydrogen-bond donors (Lipinski definition) is 0. The molecule has 1 aromatic rings. The number of likely N-dealkylation sites (N-methyl/N-ethyl adjacent to an activating group) is 1. The number of ether oxygens (including phenoxy) is 2. The van der Waals surface area contributed by atoms with Gasteiger partial charge in [-0.15, -0.1) is 0 Å². The standard InChI is InChI=1S/C21H35NO4Si/c1-17(2)22(3)19(12-13-20(23)25-14-15-27(4,5)6)21(24)26-16-18-10-8-7-9-11-18/h7-11,17,19H,12-16H2,1-6H3/t19-/m0/s1. The van der Waals surface area contributed by atoms with Crippen LogP contribution in [0.2, 0.25) is 25.7 Å². The normalized spacial score (nSPS) is 12.9. The third kappa shape index (κ3) is 9.72. The molecule has 27 heavy (non-hydrogen) atoms. The topological polar surface area (TPSA) is 55.8 Å². The van der Waals surface area contributed by atoms with E-state index in [2.05, 4.69) is 19.6 Å². The minimum atomic E-state index is -1.22. The number of carbonyl (C=O) groups excluding carboxylic acids is 2. The fourth-order valence-electron chi connectivity index (χ4n) is 2.47. The Kier molecular flexibility index (Phi) is 9.73. The largest absolute Gasteiger partial charge is 0.466 e. The number of esters is 2. The quantitative estimate of drug-likeness (QED) is 0.418. The molecule has 0 aliphatic rings. The Morgan fingerprint density at radius 2 is 1.70 bits per heavy atom. The van der Waals surface area contributed by atoms with Gasteiger partial charge in [0.2, 0.25) is 0 Å². The second-order valence-electron chi connectivity index (χ2n) is 8.44. The molecule has 6 heteroatoms. The van der Waals surface area contributed by atoms with Crippen LogP contribution in [0.25, 0.3) is 0 Å². The summed E-state index contributed by atoms with van der Waals surface area (Å²) < 4.78 is 10.8. The highest BCUT2D eigenvalue weighted by atomic mass is 28.3. The Balaban J connectivity index is 2.55. The third-order valence-corrected chi connectivity index (χ3v) is 6.24. The molecular weight excluding hydrogens is 358 g/mol. The molecule has 1 atom stereocenters. The zero-order valence-corrected chi connectivity index (χ0v) is 18.7. The molecule has 1 aromatic carbocycles. The van der Waals surface area contributed by atoms with Gasteiger partial charge in [-0.3, -0.25) is 14.5 Å². The van der Waals surface area contributed by atoms with Gasteiger partial charge in [0.05, 0.1) is 6.61 Å². The van der Waals surface area contributed by atoms with Gasteiger partial charge in [0.25, 0.3) is 0 Å². The second-order valence-corrected chi connectivity index (χ2v) is 14.1. The average Bonchev–Trinajstić information content (AvgIpc) is 2.59. The van der Waals surface area contributed by atoms with E-state index in [1.54, 1.807) is 0 Å². The van der Waals surface area contributed by atoms with Crippen LogP contribution < -0.4 is 0 Å². The van der Waals surface area contributed by atoms with E-state index in [1.165, 1.54) is 0 Å². The highest BCUT2D eigenvalue weighted by Gasteiger charge is 2.27. The summed E-state index contributed by atoms with van der Waals surface area (Å²) in [6.07, 6.45) is 0.613. The maximum absolute atomic E-state index is 12.6. The molecule has 0 spiro atoms. The van der Waals surface area contributed by atoms with Crippen LogP contribution in [0.4, 0.5) is 0 Å². The third-order valence-electron chi connectivity index (χ3n) is 4.54. The van der Waals surface area contributed by atoms with Crippen LogP contribution in [0, 0.1) is 0 Å². The molecule has 0 radical (unpaired) electrons. The van der Waals surface area contributed by atoms with Crippen molar-refractivity contribution in [3.63, 3.8) is 0 Å². The van der Waals surface area contributed by atoms with Crippen LogP contribution >= 0.6 is 0 Å². The first-order valence-electron chi connectivity index (χ1n) is 9.68. The summed E-state index contributed by atoms with van der Waals surface area (Å²) in [5.41, 5.74) is 0.947. The molecule has 0 aliphatic carbocycles. The van der Waals surface area contributed by atoms with Crippen molar-refractivity contribution >= 4 is 20.0 Å². The van der Waals surface area contributed by atoms with Crippen molar-refractivity contribution in [2.24, 2.45) is 0 Å². The maximum atomic E-state index is 12.6. The molecular formula is C21H35NO4Si. The SMILES string of the molecule is CC(C)N(C)[C@@H](CCC(=O)OCC[Si](C)(C)C)C(=O)OCc1ccccc1. The molecule has 0 aromatic heterocycles. The summed E-state index contributed by atoms with van der Waals surface area (Å²) in [5.74, 6) is -0.545. The van der Waals surface area contributed by atoms with Gasteiger partial charge in [0.1, 0.15) is 12.6 Å². The lowest BCUT2D eigenvalue weighted by Crippen LogP contribution is -2.43. The van der Waals surface area contributed by atoms with E-state index in [4.69, 9.17) is 9.47 Å². The minimum absolute atomic E-state index is 0.169. The Morgan fingerprint density at radius 1 is 1.07 bits per heavy atom. The molecule has 0 saturated heterocycles. The number of nitrogens with zero attached hydrogens (tertiary/aromatic N) is 1. The van der Waals surface area contributed by atoms with Crippen molar-refractivity contribution in [1.82, 2.24) is 4.90 Å². The van der Waals surface area contributed by atoms with Gasteiger partial charge in [-0.1, -0.05) is 50.0 Å². The van der Waals surface area contributed by atoms with Crippen molar-refractivity contribution < 1.29 is 19.1 Å².